The van der Waals surface area contributed by atoms with Gasteiger partial charge < -0.3 is 5.11 Å². The smallest absolute Gasteiger partial charge is 0.377 e. The molecule has 0 atom stereocenters. The molecule has 3 nitrogen and oxygen atoms in total. The van der Waals surface area contributed by atoms with Crippen LogP contribution in [0.5, 0.6) is 0 Å². The number of aryl methyl sites for hydroxylation is 1. The highest BCUT2D eigenvalue weighted by Gasteiger charge is 2.20. The molecule has 0 saturated heterocycles. The van der Waals surface area contributed by atoms with Crippen molar-refractivity contribution in [3.8, 4) is 0 Å². The quantitative estimate of drug-likeness (QED) is 0.655. The third-order valence-corrected chi connectivity index (χ3v) is 2.19. The molecule has 1 aromatic rings. The summed E-state index contributed by atoms with van der Waals surface area (Å²) < 4.78 is 13.3. The number of hydrogen-bond donors (Lipinski definition) is 1. The third kappa shape index (κ3) is 1.98. The number of carboxylic acid groups (broad SMARTS) is 1. The Morgan fingerprint density at radius 2 is 2.00 bits per heavy atom. The lowest BCUT2D eigenvalue weighted by Gasteiger charge is -2.02. The first kappa shape index (κ1) is 10.8. The van der Waals surface area contributed by atoms with Crippen LogP contribution in [-0.4, -0.2) is 16.9 Å². The van der Waals surface area contributed by atoms with Gasteiger partial charge in [-0.25, -0.2) is 9.18 Å². The summed E-state index contributed by atoms with van der Waals surface area (Å²) in [5.74, 6) is -3.75. The van der Waals surface area contributed by atoms with Gasteiger partial charge in [-0.15, -0.1) is 0 Å². The fourth-order valence-electron chi connectivity index (χ4n) is 1.01. The molecule has 0 fully saturated rings. The summed E-state index contributed by atoms with van der Waals surface area (Å²) in [5.41, 5.74) is 0.187. The van der Waals surface area contributed by atoms with Crippen LogP contribution in [0.2, 0.25) is 0 Å². The molecule has 0 amide bonds. The van der Waals surface area contributed by atoms with Crippen molar-refractivity contribution in [3.63, 3.8) is 0 Å². The Morgan fingerprint density at radius 1 is 1.43 bits per heavy atom. The van der Waals surface area contributed by atoms with Crippen LogP contribution in [0.25, 0.3) is 0 Å². The molecule has 0 aliphatic carbocycles. The maximum Gasteiger partial charge on any atom is 0.377 e. The molecule has 74 valence electrons. The zero-order chi connectivity index (χ0) is 10.9. The van der Waals surface area contributed by atoms with Gasteiger partial charge in [0.2, 0.25) is 0 Å². The number of carbonyl (C=O) groups is 2. The lowest BCUT2D eigenvalue weighted by Crippen LogP contribution is -2.14. The Hall–Kier alpha value is -1.23. The summed E-state index contributed by atoms with van der Waals surface area (Å²) >= 11 is 2.89. The van der Waals surface area contributed by atoms with Gasteiger partial charge in [0.15, 0.2) is 0 Å². The number of carbonyl (C=O) groups excluding carboxylic acids is 1. The molecule has 0 bridgehead atoms. The lowest BCUT2D eigenvalue weighted by atomic mass is 10.1. The standard InChI is InChI=1S/C9H6BrFO3/c1-4-2-5(8(12)9(13)14)7(11)6(10)3-4/h2-3H,1H3,(H,13,14). The van der Waals surface area contributed by atoms with Gasteiger partial charge in [-0.05, 0) is 40.5 Å². The number of halogens is 2. The van der Waals surface area contributed by atoms with Gasteiger partial charge in [-0.3, -0.25) is 4.79 Å². The second-order valence-corrected chi connectivity index (χ2v) is 3.60. The Bertz CT molecular complexity index is 415. The molecule has 1 aromatic carbocycles. The zero-order valence-corrected chi connectivity index (χ0v) is 8.76. The van der Waals surface area contributed by atoms with E-state index in [2.05, 4.69) is 15.9 Å². The van der Waals surface area contributed by atoms with E-state index in [1.807, 2.05) is 0 Å². The molecular weight excluding hydrogens is 255 g/mol. The maximum atomic E-state index is 13.3. The van der Waals surface area contributed by atoms with Crippen molar-refractivity contribution in [1.29, 1.82) is 0 Å². The summed E-state index contributed by atoms with van der Waals surface area (Å²) in [6, 6.07) is 2.67. The third-order valence-electron chi connectivity index (χ3n) is 1.61. The van der Waals surface area contributed by atoms with E-state index in [0.717, 1.165) is 0 Å². The molecule has 0 heterocycles. The molecule has 0 aromatic heterocycles. The van der Waals surface area contributed by atoms with Crippen LogP contribution in [0, 0.1) is 12.7 Å². The summed E-state index contributed by atoms with van der Waals surface area (Å²) in [5, 5.41) is 8.41. The first-order valence-electron chi connectivity index (χ1n) is 3.66. The van der Waals surface area contributed by atoms with Crippen molar-refractivity contribution in [3.05, 3.63) is 33.5 Å². The molecule has 0 radical (unpaired) electrons. The second-order valence-electron chi connectivity index (χ2n) is 2.74. The van der Waals surface area contributed by atoms with E-state index in [0.29, 0.717) is 5.56 Å². The Morgan fingerprint density at radius 3 is 2.50 bits per heavy atom. The molecule has 0 spiro atoms. The van der Waals surface area contributed by atoms with Crippen molar-refractivity contribution >= 4 is 27.7 Å². The number of benzene rings is 1. The summed E-state index contributed by atoms with van der Waals surface area (Å²) in [6.07, 6.45) is 0. The minimum absolute atomic E-state index is 0.0853. The predicted octanol–water partition coefficient (Wildman–Crippen LogP) is 2.16. The van der Waals surface area contributed by atoms with E-state index in [1.54, 1.807) is 6.92 Å². The van der Waals surface area contributed by atoms with Gasteiger partial charge in [-0.2, -0.15) is 0 Å². The van der Waals surface area contributed by atoms with Crippen molar-refractivity contribution in [2.75, 3.05) is 0 Å². The van der Waals surface area contributed by atoms with E-state index in [9.17, 15) is 14.0 Å². The second kappa shape index (κ2) is 3.88. The molecule has 1 rings (SSSR count). The van der Waals surface area contributed by atoms with Crippen LogP contribution in [-0.2, 0) is 4.79 Å². The molecule has 1 N–H and O–H groups in total. The molecule has 0 aliphatic heterocycles. The van der Waals surface area contributed by atoms with Gasteiger partial charge in [-0.1, -0.05) is 0 Å². The molecular formula is C9H6BrFO3. The fourth-order valence-corrected chi connectivity index (χ4v) is 1.58. The number of hydrogen-bond acceptors (Lipinski definition) is 2. The first-order chi connectivity index (χ1) is 6.43. The van der Waals surface area contributed by atoms with Crippen molar-refractivity contribution in [2.24, 2.45) is 0 Å². The van der Waals surface area contributed by atoms with E-state index < -0.39 is 23.1 Å². The monoisotopic (exact) mass is 260 g/mol. The van der Waals surface area contributed by atoms with Gasteiger partial charge in [0.05, 0.1) is 10.0 Å². The largest absolute Gasteiger partial charge is 0.475 e. The first-order valence-corrected chi connectivity index (χ1v) is 4.46. The van der Waals surface area contributed by atoms with Crippen molar-refractivity contribution < 1.29 is 19.1 Å². The van der Waals surface area contributed by atoms with Gasteiger partial charge >= 0.3 is 5.97 Å². The molecule has 0 unspecified atom stereocenters. The summed E-state index contributed by atoms with van der Waals surface area (Å²) in [4.78, 5) is 21.4. The van der Waals surface area contributed by atoms with E-state index in [1.165, 1.54) is 12.1 Å². The lowest BCUT2D eigenvalue weighted by molar-refractivity contribution is -0.131. The number of aliphatic carboxylic acids is 1. The van der Waals surface area contributed by atoms with Crippen LogP contribution in [0.4, 0.5) is 4.39 Å². The van der Waals surface area contributed by atoms with E-state index in [-0.39, 0.29) is 4.47 Å². The average molecular weight is 261 g/mol. The highest BCUT2D eigenvalue weighted by atomic mass is 79.9. The van der Waals surface area contributed by atoms with Crippen LogP contribution in [0.1, 0.15) is 15.9 Å². The maximum absolute atomic E-state index is 13.3. The zero-order valence-electron chi connectivity index (χ0n) is 7.17. The van der Waals surface area contributed by atoms with Gasteiger partial charge in [0.25, 0.3) is 5.78 Å². The van der Waals surface area contributed by atoms with Crippen LogP contribution >= 0.6 is 15.9 Å². The predicted molar refractivity (Wildman–Crippen MR) is 50.8 cm³/mol. The average Bonchev–Trinajstić information content (AvgIpc) is 2.09. The van der Waals surface area contributed by atoms with E-state index >= 15 is 0 Å². The number of ketones is 1. The van der Waals surface area contributed by atoms with Gasteiger partial charge in [0, 0.05) is 0 Å². The summed E-state index contributed by atoms with van der Waals surface area (Å²) in [7, 11) is 0. The highest BCUT2D eigenvalue weighted by Crippen LogP contribution is 2.21. The molecule has 5 heteroatoms. The number of carboxylic acids is 1. The number of rotatable bonds is 2. The fraction of sp³-hybridized carbons (Fsp3) is 0.111. The van der Waals surface area contributed by atoms with Gasteiger partial charge in [0.1, 0.15) is 5.82 Å². The number of Topliss-reactive ketones (excluding diaryl/α,β-unsaturated/α-hetero) is 1. The minimum Gasteiger partial charge on any atom is -0.475 e. The van der Waals surface area contributed by atoms with E-state index in [4.69, 9.17) is 5.11 Å². The molecule has 14 heavy (non-hydrogen) atoms. The Balaban J connectivity index is 3.34. The Labute approximate surface area is 87.7 Å². The molecule has 0 saturated carbocycles. The van der Waals surface area contributed by atoms with Crippen molar-refractivity contribution in [1.82, 2.24) is 0 Å². The Kier molecular flexibility index (Phi) is 3.00. The molecule has 0 aliphatic rings. The summed E-state index contributed by atoms with van der Waals surface area (Å²) in [6.45, 7) is 1.64. The van der Waals surface area contributed by atoms with Crippen LogP contribution in [0.15, 0.2) is 16.6 Å². The van der Waals surface area contributed by atoms with Crippen molar-refractivity contribution in [2.45, 2.75) is 6.92 Å². The SMILES string of the molecule is Cc1cc(Br)c(F)c(C(=O)C(=O)O)c1. The normalized spacial score (nSPS) is 9.93. The minimum atomic E-state index is -1.67. The van der Waals surface area contributed by atoms with Crippen LogP contribution < -0.4 is 0 Å². The van der Waals surface area contributed by atoms with Crippen LogP contribution in [0.3, 0.4) is 0 Å². The highest BCUT2D eigenvalue weighted by molar-refractivity contribution is 9.10. The topological polar surface area (TPSA) is 54.4 Å².